The summed E-state index contributed by atoms with van der Waals surface area (Å²) in [5, 5.41) is 6.85. The van der Waals surface area contributed by atoms with E-state index in [4.69, 9.17) is 0 Å². The molecule has 0 saturated carbocycles. The van der Waals surface area contributed by atoms with Crippen molar-refractivity contribution in [2.45, 2.75) is 6.92 Å². The molecule has 1 amide bonds. The van der Waals surface area contributed by atoms with Crippen LogP contribution in [0.2, 0.25) is 0 Å². The molecule has 0 saturated heterocycles. The van der Waals surface area contributed by atoms with E-state index >= 15 is 0 Å². The van der Waals surface area contributed by atoms with Crippen LogP contribution < -0.4 is 10.7 Å². The summed E-state index contributed by atoms with van der Waals surface area (Å²) in [4.78, 5) is 15.8. The van der Waals surface area contributed by atoms with E-state index in [1.54, 1.807) is 25.3 Å². The fourth-order valence-electron chi connectivity index (χ4n) is 1.57. The first-order valence-electron chi connectivity index (χ1n) is 6.39. The van der Waals surface area contributed by atoms with E-state index in [9.17, 15) is 9.18 Å². The van der Waals surface area contributed by atoms with Gasteiger partial charge in [0.25, 0.3) is 5.91 Å². The largest absolute Gasteiger partial charge is 0.376 e. The number of hydrazone groups is 1. The molecule has 0 aliphatic carbocycles. The number of pyridine rings is 1. The lowest BCUT2D eigenvalue weighted by atomic mass is 10.3. The summed E-state index contributed by atoms with van der Waals surface area (Å²) in [6, 6.07) is 11.2. The monoisotopic (exact) mass is 286 g/mol. The summed E-state index contributed by atoms with van der Waals surface area (Å²) in [7, 11) is 0. The Labute approximate surface area is 121 Å². The molecule has 1 aromatic heterocycles. The Hall–Kier alpha value is -2.76. The van der Waals surface area contributed by atoms with Gasteiger partial charge in [-0.05, 0) is 43.3 Å². The highest BCUT2D eigenvalue weighted by atomic mass is 19.1. The number of nitrogens with one attached hydrogen (secondary N) is 2. The normalized spacial score (nSPS) is 11.0. The average Bonchev–Trinajstić information content (AvgIpc) is 2.53. The first-order valence-corrected chi connectivity index (χ1v) is 6.39. The number of benzene rings is 1. The smallest absolute Gasteiger partial charge is 0.259 e. The molecule has 0 spiro atoms. The Morgan fingerprint density at radius 3 is 2.67 bits per heavy atom. The van der Waals surface area contributed by atoms with E-state index in [0.717, 1.165) is 0 Å². The molecule has 6 heteroatoms. The van der Waals surface area contributed by atoms with Crippen LogP contribution in [0.3, 0.4) is 0 Å². The fourth-order valence-corrected chi connectivity index (χ4v) is 1.57. The van der Waals surface area contributed by atoms with E-state index in [1.807, 2.05) is 18.2 Å². The van der Waals surface area contributed by atoms with E-state index < -0.39 is 0 Å². The molecule has 0 bridgehead atoms. The van der Waals surface area contributed by atoms with Crippen molar-refractivity contribution in [1.82, 2.24) is 10.4 Å². The second-order valence-electron chi connectivity index (χ2n) is 4.31. The molecule has 0 radical (unpaired) electrons. The highest BCUT2D eigenvalue weighted by Gasteiger charge is 2.02. The van der Waals surface area contributed by atoms with Crippen molar-refractivity contribution in [3.05, 3.63) is 60.2 Å². The van der Waals surface area contributed by atoms with Gasteiger partial charge < -0.3 is 5.32 Å². The third kappa shape index (κ3) is 4.68. The molecule has 1 aromatic carbocycles. The number of aromatic nitrogens is 1. The second-order valence-corrected chi connectivity index (χ2v) is 4.31. The number of anilines is 1. The number of nitrogens with zero attached hydrogens (tertiary/aromatic N) is 2. The zero-order valence-corrected chi connectivity index (χ0v) is 11.5. The highest BCUT2D eigenvalue weighted by Crippen LogP contribution is 2.07. The SMILES string of the molecule is CC(=NNC(=O)CNc1ccc(F)cc1)c1ccccn1. The van der Waals surface area contributed by atoms with Crippen molar-refractivity contribution in [2.75, 3.05) is 11.9 Å². The van der Waals surface area contributed by atoms with Gasteiger partial charge in [-0.3, -0.25) is 9.78 Å². The molecule has 2 N–H and O–H groups in total. The first-order chi connectivity index (χ1) is 10.1. The van der Waals surface area contributed by atoms with E-state index in [1.165, 1.54) is 12.1 Å². The van der Waals surface area contributed by atoms with Crippen LogP contribution in [0.15, 0.2) is 53.8 Å². The Morgan fingerprint density at radius 2 is 2.00 bits per heavy atom. The van der Waals surface area contributed by atoms with Crippen LogP contribution in [-0.4, -0.2) is 23.1 Å². The van der Waals surface area contributed by atoms with Gasteiger partial charge in [0.1, 0.15) is 5.82 Å². The van der Waals surface area contributed by atoms with E-state index in [-0.39, 0.29) is 18.3 Å². The molecule has 0 fully saturated rings. The van der Waals surface area contributed by atoms with Crippen LogP contribution in [0.5, 0.6) is 0 Å². The molecule has 0 atom stereocenters. The molecule has 1 heterocycles. The Bertz CT molecular complexity index is 626. The quantitative estimate of drug-likeness (QED) is 0.654. The summed E-state index contributed by atoms with van der Waals surface area (Å²) in [6.07, 6.45) is 1.66. The van der Waals surface area contributed by atoms with Gasteiger partial charge in [-0.2, -0.15) is 5.10 Å². The zero-order valence-electron chi connectivity index (χ0n) is 11.5. The standard InChI is InChI=1S/C15H15FN4O/c1-11(14-4-2-3-9-17-14)19-20-15(21)10-18-13-7-5-12(16)6-8-13/h2-9,18H,10H2,1H3,(H,20,21). The Morgan fingerprint density at radius 1 is 1.24 bits per heavy atom. The number of halogens is 1. The van der Waals surface area contributed by atoms with E-state index in [2.05, 4.69) is 20.8 Å². The maximum absolute atomic E-state index is 12.7. The zero-order chi connectivity index (χ0) is 15.1. The lowest BCUT2D eigenvalue weighted by Gasteiger charge is -2.05. The molecule has 0 aliphatic rings. The molecule has 0 aliphatic heterocycles. The van der Waals surface area contributed by atoms with Crippen LogP contribution >= 0.6 is 0 Å². The fraction of sp³-hybridized carbons (Fsp3) is 0.133. The Kier molecular flexibility index (Phi) is 4.98. The van der Waals surface area contributed by atoms with Crippen LogP contribution in [0.1, 0.15) is 12.6 Å². The van der Waals surface area contributed by atoms with Gasteiger partial charge in [0, 0.05) is 11.9 Å². The topological polar surface area (TPSA) is 66.4 Å². The van der Waals surface area contributed by atoms with Crippen molar-refractivity contribution in [2.24, 2.45) is 5.10 Å². The van der Waals surface area contributed by atoms with Gasteiger partial charge in [-0.25, -0.2) is 9.82 Å². The van der Waals surface area contributed by atoms with Crippen LogP contribution in [0.4, 0.5) is 10.1 Å². The van der Waals surface area contributed by atoms with Crippen LogP contribution in [0.25, 0.3) is 0 Å². The van der Waals surface area contributed by atoms with Crippen molar-refractivity contribution >= 4 is 17.3 Å². The number of hydrogen-bond donors (Lipinski definition) is 2. The van der Waals surface area contributed by atoms with Gasteiger partial charge in [0.15, 0.2) is 0 Å². The van der Waals surface area contributed by atoms with Crippen molar-refractivity contribution in [1.29, 1.82) is 0 Å². The summed E-state index contributed by atoms with van der Waals surface area (Å²) < 4.78 is 12.7. The number of carbonyl (C=O) groups excluding carboxylic acids is 1. The van der Waals surface area contributed by atoms with Crippen molar-refractivity contribution < 1.29 is 9.18 Å². The summed E-state index contributed by atoms with van der Waals surface area (Å²) in [5.74, 6) is -0.616. The number of hydrogen-bond acceptors (Lipinski definition) is 4. The molecule has 5 nitrogen and oxygen atoms in total. The average molecular weight is 286 g/mol. The van der Waals surface area contributed by atoms with Crippen molar-refractivity contribution in [3.63, 3.8) is 0 Å². The first kappa shape index (κ1) is 14.6. The van der Waals surface area contributed by atoms with E-state index in [0.29, 0.717) is 17.1 Å². The van der Waals surface area contributed by atoms with Gasteiger partial charge in [-0.1, -0.05) is 6.07 Å². The second kappa shape index (κ2) is 7.14. The minimum Gasteiger partial charge on any atom is -0.376 e. The molecule has 0 unspecified atom stereocenters. The summed E-state index contributed by atoms with van der Waals surface area (Å²) in [5.41, 5.74) is 4.41. The maximum atomic E-state index is 12.7. The van der Waals surface area contributed by atoms with Gasteiger partial charge in [0.05, 0.1) is 18.0 Å². The van der Waals surface area contributed by atoms with Crippen molar-refractivity contribution in [3.8, 4) is 0 Å². The number of carbonyl (C=O) groups is 1. The predicted molar refractivity (Wildman–Crippen MR) is 79.5 cm³/mol. The number of rotatable bonds is 5. The molecule has 2 aromatic rings. The molecule has 108 valence electrons. The lowest BCUT2D eigenvalue weighted by Crippen LogP contribution is -2.26. The minimum absolute atomic E-state index is 0.0463. The maximum Gasteiger partial charge on any atom is 0.259 e. The third-order valence-corrected chi connectivity index (χ3v) is 2.68. The molecule has 2 rings (SSSR count). The minimum atomic E-state index is -0.319. The van der Waals surface area contributed by atoms with Gasteiger partial charge in [-0.15, -0.1) is 0 Å². The highest BCUT2D eigenvalue weighted by molar-refractivity contribution is 5.97. The van der Waals surface area contributed by atoms with Crippen LogP contribution in [-0.2, 0) is 4.79 Å². The van der Waals surface area contributed by atoms with Crippen LogP contribution in [0, 0.1) is 5.82 Å². The number of amides is 1. The van der Waals surface area contributed by atoms with Gasteiger partial charge >= 0.3 is 0 Å². The third-order valence-electron chi connectivity index (χ3n) is 2.68. The lowest BCUT2D eigenvalue weighted by molar-refractivity contribution is -0.119. The Balaban J connectivity index is 1.83. The molecular weight excluding hydrogens is 271 g/mol. The summed E-state index contributed by atoms with van der Waals surface area (Å²) >= 11 is 0. The van der Waals surface area contributed by atoms with Gasteiger partial charge in [0.2, 0.25) is 0 Å². The molecule has 21 heavy (non-hydrogen) atoms. The molecular formula is C15H15FN4O. The summed E-state index contributed by atoms with van der Waals surface area (Å²) in [6.45, 7) is 1.81. The predicted octanol–water partition coefficient (Wildman–Crippen LogP) is 2.17.